The number of carbonyl (C=O) groups is 5. The highest BCUT2D eigenvalue weighted by molar-refractivity contribution is 7.88. The number of rotatable bonds is 6. The van der Waals surface area contributed by atoms with Gasteiger partial charge in [-0.2, -0.15) is 13.1 Å². The highest BCUT2D eigenvalue weighted by Gasteiger charge is 2.62. The Labute approximate surface area is 298 Å². The molecule has 0 bridgehead atoms. The first-order chi connectivity index (χ1) is 24.1. The van der Waals surface area contributed by atoms with Crippen molar-refractivity contribution in [3.8, 4) is 0 Å². The molecule has 5 atom stereocenters. The molecule has 5 aliphatic rings. The molecule has 1 aromatic rings. The monoisotopic (exact) mass is 728 g/mol. The lowest BCUT2D eigenvalue weighted by Crippen LogP contribution is -2.59. The Balaban J connectivity index is 1.24. The van der Waals surface area contributed by atoms with Crippen molar-refractivity contribution in [1.29, 1.82) is 0 Å². The van der Waals surface area contributed by atoms with Crippen LogP contribution in [0.1, 0.15) is 89.7 Å². The molecule has 3 aliphatic heterocycles. The van der Waals surface area contributed by atoms with Gasteiger partial charge in [-0.15, -0.1) is 0 Å². The Morgan fingerprint density at radius 3 is 2.37 bits per heavy atom. The topological polar surface area (TPSA) is 193 Å². The number of benzene rings is 1. The van der Waals surface area contributed by atoms with Gasteiger partial charge in [0.15, 0.2) is 0 Å². The highest BCUT2D eigenvalue weighted by Crippen LogP contribution is 2.46. The summed E-state index contributed by atoms with van der Waals surface area (Å²) in [5.41, 5.74) is -0.373. The summed E-state index contributed by atoms with van der Waals surface area (Å²) in [6, 6.07) is 5.21. The van der Waals surface area contributed by atoms with E-state index in [1.807, 2.05) is 36.4 Å². The maximum absolute atomic E-state index is 14.3. The zero-order valence-corrected chi connectivity index (χ0v) is 30.1. The summed E-state index contributed by atoms with van der Waals surface area (Å²) < 4.78 is 41.3. The van der Waals surface area contributed by atoms with Crippen LogP contribution in [0.15, 0.2) is 36.4 Å². The fourth-order valence-corrected chi connectivity index (χ4v) is 8.12. The van der Waals surface area contributed by atoms with Gasteiger partial charge in [0, 0.05) is 31.5 Å². The molecule has 0 radical (unpaired) electrons. The molecule has 1 aromatic carbocycles. The molecule has 16 heteroatoms. The van der Waals surface area contributed by atoms with Gasteiger partial charge in [0.2, 0.25) is 11.8 Å². The first kappa shape index (κ1) is 36.6. The molecule has 1 saturated heterocycles. The zero-order valence-electron chi connectivity index (χ0n) is 29.3. The van der Waals surface area contributed by atoms with Crippen LogP contribution in [0.25, 0.3) is 0 Å². The normalized spacial score (nSPS) is 28.9. The van der Waals surface area contributed by atoms with Crippen LogP contribution in [-0.4, -0.2) is 90.0 Å². The molecule has 4 N–H and O–H groups in total. The van der Waals surface area contributed by atoms with E-state index in [1.54, 1.807) is 25.7 Å². The number of nitrogens with zero attached hydrogens (tertiary/aromatic N) is 2. The molecule has 3 fully saturated rings. The summed E-state index contributed by atoms with van der Waals surface area (Å²) in [5, 5.41) is 5.49. The van der Waals surface area contributed by atoms with Gasteiger partial charge < -0.3 is 25.0 Å². The SMILES string of the molecule is CC(C)(C)OC(=O)N[C@H]1CCCCC/C=C/[C@@H]2C[C@]2(C(=O)NS(=O)(=O)NC2CC2)NC(=O)[C@@H]2C[C@@H](OC(=O)N3Cc4ccccc4C3)CN2C1=O. The molecule has 0 unspecified atom stereocenters. The summed E-state index contributed by atoms with van der Waals surface area (Å²) in [6.07, 6.45) is 6.00. The first-order valence-electron chi connectivity index (χ1n) is 17.8. The number of hydrogen-bond donors (Lipinski definition) is 4. The van der Waals surface area contributed by atoms with Gasteiger partial charge in [0.1, 0.15) is 29.3 Å². The van der Waals surface area contributed by atoms with Gasteiger partial charge in [-0.1, -0.05) is 49.3 Å². The summed E-state index contributed by atoms with van der Waals surface area (Å²) in [5.74, 6) is -2.59. The summed E-state index contributed by atoms with van der Waals surface area (Å²) >= 11 is 0. The molecule has 0 aromatic heterocycles. The summed E-state index contributed by atoms with van der Waals surface area (Å²) in [7, 11) is -4.17. The van der Waals surface area contributed by atoms with Crippen molar-refractivity contribution in [2.75, 3.05) is 6.54 Å². The smallest absolute Gasteiger partial charge is 0.410 e. The van der Waals surface area contributed by atoms with Crippen molar-refractivity contribution in [2.24, 2.45) is 5.92 Å². The number of nitrogens with one attached hydrogen (secondary N) is 4. The Morgan fingerprint density at radius 2 is 1.71 bits per heavy atom. The fraction of sp³-hybridized carbons (Fsp3) is 0.629. The highest BCUT2D eigenvalue weighted by atomic mass is 32.2. The van der Waals surface area contributed by atoms with Gasteiger partial charge >= 0.3 is 22.4 Å². The molecular formula is C35H48N6O9S. The quantitative estimate of drug-likeness (QED) is 0.319. The first-order valence-corrected chi connectivity index (χ1v) is 19.3. The third kappa shape index (κ3) is 9.01. The number of alkyl carbamates (subject to hydrolysis) is 1. The molecule has 0 spiro atoms. The van der Waals surface area contributed by atoms with Gasteiger partial charge in [0.05, 0.1) is 6.54 Å². The Bertz CT molecular complexity index is 1660. The molecule has 6 rings (SSSR count). The van der Waals surface area contributed by atoms with Crippen LogP contribution in [0.2, 0.25) is 0 Å². The van der Waals surface area contributed by atoms with Gasteiger partial charge in [-0.05, 0) is 70.4 Å². The third-order valence-electron chi connectivity index (χ3n) is 9.83. The number of fused-ring (bicyclic) bond motifs is 3. The van der Waals surface area contributed by atoms with E-state index in [9.17, 15) is 32.4 Å². The van der Waals surface area contributed by atoms with E-state index in [0.29, 0.717) is 38.8 Å². The van der Waals surface area contributed by atoms with Crippen molar-refractivity contribution in [1.82, 2.24) is 29.9 Å². The number of hydrogen-bond acceptors (Lipinski definition) is 9. The Kier molecular flexibility index (Phi) is 10.4. The van der Waals surface area contributed by atoms with E-state index < -0.39 is 75.4 Å². The second kappa shape index (κ2) is 14.4. The van der Waals surface area contributed by atoms with E-state index in [2.05, 4.69) is 20.1 Å². The average Bonchev–Trinajstić information content (AvgIpc) is 3.88. The predicted octanol–water partition coefficient (Wildman–Crippen LogP) is 2.51. The van der Waals surface area contributed by atoms with Crippen molar-refractivity contribution in [3.05, 3.63) is 47.5 Å². The second-order valence-electron chi connectivity index (χ2n) is 15.2. The van der Waals surface area contributed by atoms with Crippen LogP contribution in [0.4, 0.5) is 9.59 Å². The summed E-state index contributed by atoms with van der Waals surface area (Å²) in [4.78, 5) is 71.2. The van der Waals surface area contributed by atoms with Crippen LogP contribution < -0.4 is 20.1 Å². The van der Waals surface area contributed by atoms with E-state index in [1.165, 1.54) is 4.90 Å². The lowest BCUT2D eigenvalue weighted by molar-refractivity contribution is -0.141. The number of allylic oxidation sites excluding steroid dienone is 1. The molecule has 2 saturated carbocycles. The standard InChI is InChI=1S/C35H48N6O9S/c1-34(2,3)50-32(45)36-27-14-8-6-4-5-7-13-24-18-35(24,31(44)39-51(47,48)38-25-15-16-25)37-29(42)28-17-26(21-41(28)30(27)43)49-33(46)40-19-22-11-9-10-12-23(22)20-40/h7,9-13,24-28,38H,4-6,8,14-21H2,1-3H3,(H,36,45)(H,37,42)(H,39,44)/b13-7+/t24-,26-,27+,28+,35+/m1/s1. The van der Waals surface area contributed by atoms with E-state index >= 15 is 0 Å². The Hall–Kier alpha value is -4.18. The van der Waals surface area contributed by atoms with Gasteiger partial charge in [0.25, 0.3) is 5.91 Å². The molecule has 5 amide bonds. The van der Waals surface area contributed by atoms with Crippen molar-refractivity contribution in [3.63, 3.8) is 0 Å². The number of ether oxygens (including phenoxy) is 2. The largest absolute Gasteiger partial charge is 0.444 e. The molecular weight excluding hydrogens is 680 g/mol. The number of carbonyl (C=O) groups excluding carboxylic acids is 5. The second-order valence-corrected chi connectivity index (χ2v) is 16.7. The Morgan fingerprint density at radius 1 is 1.00 bits per heavy atom. The summed E-state index contributed by atoms with van der Waals surface area (Å²) in [6.45, 7) is 5.73. The minimum absolute atomic E-state index is 0.0665. The molecule has 3 heterocycles. The molecule has 51 heavy (non-hydrogen) atoms. The van der Waals surface area contributed by atoms with Crippen LogP contribution in [0, 0.1) is 5.92 Å². The molecule has 15 nitrogen and oxygen atoms in total. The van der Waals surface area contributed by atoms with Crippen LogP contribution in [0.3, 0.4) is 0 Å². The zero-order chi connectivity index (χ0) is 36.6. The van der Waals surface area contributed by atoms with Crippen LogP contribution in [0.5, 0.6) is 0 Å². The van der Waals surface area contributed by atoms with E-state index in [4.69, 9.17) is 9.47 Å². The predicted molar refractivity (Wildman–Crippen MR) is 184 cm³/mol. The van der Waals surface area contributed by atoms with Crippen LogP contribution in [-0.2, 0) is 47.2 Å². The third-order valence-corrected chi connectivity index (χ3v) is 10.9. The minimum atomic E-state index is -4.17. The lowest BCUT2D eigenvalue weighted by Gasteiger charge is -2.30. The number of amides is 5. The maximum atomic E-state index is 14.3. The minimum Gasteiger partial charge on any atom is -0.444 e. The van der Waals surface area contributed by atoms with Gasteiger partial charge in [-0.25, -0.2) is 14.3 Å². The fourth-order valence-electron chi connectivity index (χ4n) is 6.96. The van der Waals surface area contributed by atoms with Crippen molar-refractivity contribution in [2.45, 2.75) is 127 Å². The van der Waals surface area contributed by atoms with E-state index in [-0.39, 0.29) is 31.8 Å². The van der Waals surface area contributed by atoms with Gasteiger partial charge in [-0.3, -0.25) is 19.3 Å². The molecule has 278 valence electrons. The lowest BCUT2D eigenvalue weighted by atomic mass is 10.0. The molecule has 2 aliphatic carbocycles. The maximum Gasteiger partial charge on any atom is 0.410 e. The van der Waals surface area contributed by atoms with Crippen LogP contribution >= 0.6 is 0 Å². The van der Waals surface area contributed by atoms with Crippen molar-refractivity contribution >= 4 is 40.1 Å². The van der Waals surface area contributed by atoms with Crippen molar-refractivity contribution < 1.29 is 41.9 Å². The van der Waals surface area contributed by atoms with E-state index in [0.717, 1.165) is 24.0 Å². The average molecular weight is 729 g/mol.